The first-order valence-corrected chi connectivity index (χ1v) is 7.88. The summed E-state index contributed by atoms with van der Waals surface area (Å²) in [5.41, 5.74) is 3.45. The van der Waals surface area contributed by atoms with Crippen LogP contribution >= 0.6 is 0 Å². The highest BCUT2D eigenvalue weighted by Crippen LogP contribution is 2.15. The Morgan fingerprint density at radius 2 is 2.19 bits per heavy atom. The van der Waals surface area contributed by atoms with Crippen molar-refractivity contribution in [2.75, 3.05) is 0 Å². The molecule has 21 heavy (non-hydrogen) atoms. The minimum Gasteiger partial charge on any atom is -0.335 e. The van der Waals surface area contributed by atoms with Crippen molar-refractivity contribution in [3.63, 3.8) is 0 Å². The minimum atomic E-state index is -0.0803. The molecule has 2 rings (SSSR count). The predicted molar refractivity (Wildman–Crippen MR) is 84.1 cm³/mol. The van der Waals surface area contributed by atoms with Crippen LogP contribution in [-0.2, 0) is 26.4 Å². The third kappa shape index (κ3) is 3.86. The Balaban J connectivity index is 1.93. The maximum Gasteiger partial charge on any atom is 0.315 e. The number of carbonyl (C=O) groups is 1. The fourth-order valence-corrected chi connectivity index (χ4v) is 2.92. The zero-order valence-electron chi connectivity index (χ0n) is 13.3. The summed E-state index contributed by atoms with van der Waals surface area (Å²) in [4.78, 5) is 12.0. The van der Waals surface area contributed by atoms with Gasteiger partial charge >= 0.3 is 6.03 Å². The molecule has 5 nitrogen and oxygen atoms in total. The van der Waals surface area contributed by atoms with E-state index in [1.54, 1.807) is 0 Å². The van der Waals surface area contributed by atoms with Gasteiger partial charge in [0.2, 0.25) is 0 Å². The molecule has 2 N–H and O–H groups in total. The van der Waals surface area contributed by atoms with E-state index in [0.717, 1.165) is 37.8 Å². The van der Waals surface area contributed by atoms with Crippen LogP contribution in [0.5, 0.6) is 0 Å². The van der Waals surface area contributed by atoms with Crippen LogP contribution in [-0.4, -0.2) is 21.9 Å². The lowest BCUT2D eigenvalue weighted by Gasteiger charge is -2.19. The fraction of sp³-hybridized carbons (Fsp3) is 0.625. The van der Waals surface area contributed by atoms with Crippen LogP contribution in [0.1, 0.15) is 50.1 Å². The van der Waals surface area contributed by atoms with Crippen molar-refractivity contribution < 1.29 is 4.79 Å². The van der Waals surface area contributed by atoms with Crippen molar-refractivity contribution in [1.82, 2.24) is 20.4 Å². The predicted octanol–water partition coefficient (Wildman–Crippen LogP) is 2.45. The van der Waals surface area contributed by atoms with Crippen LogP contribution in [0.25, 0.3) is 0 Å². The van der Waals surface area contributed by atoms with Gasteiger partial charge in [-0.05, 0) is 32.1 Å². The van der Waals surface area contributed by atoms with E-state index in [4.69, 9.17) is 0 Å². The molecule has 0 unspecified atom stereocenters. The van der Waals surface area contributed by atoms with E-state index >= 15 is 0 Å². The van der Waals surface area contributed by atoms with Gasteiger partial charge in [-0.2, -0.15) is 5.10 Å². The van der Waals surface area contributed by atoms with Crippen molar-refractivity contribution in [3.05, 3.63) is 29.1 Å². The third-order valence-electron chi connectivity index (χ3n) is 4.06. The van der Waals surface area contributed by atoms with Gasteiger partial charge in [-0.15, -0.1) is 0 Å². The number of urea groups is 1. The molecular weight excluding hydrogens is 264 g/mol. The van der Waals surface area contributed by atoms with Crippen molar-refractivity contribution >= 4 is 6.03 Å². The Hall–Kier alpha value is -1.78. The molecule has 116 valence electrons. The van der Waals surface area contributed by atoms with E-state index < -0.39 is 0 Å². The van der Waals surface area contributed by atoms with Gasteiger partial charge in [-0.25, -0.2) is 4.79 Å². The fourth-order valence-electron chi connectivity index (χ4n) is 2.92. The van der Waals surface area contributed by atoms with Crippen molar-refractivity contribution in [2.24, 2.45) is 7.05 Å². The lowest BCUT2D eigenvalue weighted by molar-refractivity contribution is 0.235. The second-order valence-electron chi connectivity index (χ2n) is 5.51. The Morgan fingerprint density at radius 3 is 2.81 bits per heavy atom. The quantitative estimate of drug-likeness (QED) is 0.818. The zero-order valence-corrected chi connectivity index (χ0v) is 13.3. The summed E-state index contributed by atoms with van der Waals surface area (Å²) in [6.07, 6.45) is 9.13. The molecule has 0 spiro atoms. The molecule has 1 heterocycles. The van der Waals surface area contributed by atoms with Crippen LogP contribution in [0.3, 0.4) is 0 Å². The van der Waals surface area contributed by atoms with Gasteiger partial charge in [0.15, 0.2) is 0 Å². The maximum atomic E-state index is 12.0. The smallest absolute Gasteiger partial charge is 0.315 e. The van der Waals surface area contributed by atoms with Gasteiger partial charge in [0.25, 0.3) is 0 Å². The normalized spacial score (nSPS) is 17.8. The third-order valence-corrected chi connectivity index (χ3v) is 4.06. The Labute approximate surface area is 126 Å². The number of carbonyl (C=O) groups excluding carboxylic acids is 1. The number of amides is 2. The monoisotopic (exact) mass is 290 g/mol. The lowest BCUT2D eigenvalue weighted by Crippen LogP contribution is -2.42. The summed E-state index contributed by atoms with van der Waals surface area (Å²) in [5.74, 6) is 0. The summed E-state index contributed by atoms with van der Waals surface area (Å²) in [6, 6.07) is 0.184. The van der Waals surface area contributed by atoms with Gasteiger partial charge in [-0.1, -0.05) is 26.0 Å². The Morgan fingerprint density at radius 1 is 1.38 bits per heavy atom. The molecular formula is C16H26N4O. The lowest BCUT2D eigenvalue weighted by atomic mass is 10.0. The van der Waals surface area contributed by atoms with Crippen LogP contribution in [0.4, 0.5) is 4.79 Å². The highest BCUT2D eigenvalue weighted by Gasteiger charge is 2.16. The SMILES string of the molecule is CCc1nn(C)c(CC)c1CNC(=O)N[C@H]1CC=CCC1. The summed E-state index contributed by atoms with van der Waals surface area (Å²) in [5, 5.41) is 10.6. The van der Waals surface area contributed by atoms with Gasteiger partial charge in [0.05, 0.1) is 5.69 Å². The molecule has 1 aliphatic carbocycles. The van der Waals surface area contributed by atoms with Crippen LogP contribution in [0, 0.1) is 0 Å². The molecule has 1 aromatic heterocycles. The second kappa shape index (κ2) is 7.29. The number of rotatable bonds is 5. The van der Waals surface area contributed by atoms with Crippen molar-refractivity contribution in [3.8, 4) is 0 Å². The number of hydrogen-bond donors (Lipinski definition) is 2. The molecule has 0 bridgehead atoms. The maximum absolute atomic E-state index is 12.0. The van der Waals surface area contributed by atoms with Crippen LogP contribution in [0.2, 0.25) is 0 Å². The van der Waals surface area contributed by atoms with Gasteiger partial charge in [0, 0.05) is 30.9 Å². The van der Waals surface area contributed by atoms with E-state index in [2.05, 4.69) is 41.7 Å². The van der Waals surface area contributed by atoms with Crippen LogP contribution in [0.15, 0.2) is 12.2 Å². The molecule has 5 heteroatoms. The molecule has 0 saturated heterocycles. The Kier molecular flexibility index (Phi) is 5.42. The first-order valence-electron chi connectivity index (χ1n) is 7.88. The first kappa shape index (κ1) is 15.6. The number of nitrogens with zero attached hydrogens (tertiary/aromatic N) is 2. The number of aromatic nitrogens is 2. The van der Waals surface area contributed by atoms with E-state index in [9.17, 15) is 4.79 Å². The molecule has 0 fully saturated rings. The molecule has 1 aliphatic rings. The molecule has 2 amide bonds. The zero-order chi connectivity index (χ0) is 15.2. The molecule has 1 aromatic rings. The number of nitrogens with one attached hydrogen (secondary N) is 2. The largest absolute Gasteiger partial charge is 0.335 e. The van der Waals surface area contributed by atoms with Gasteiger partial charge < -0.3 is 10.6 Å². The number of allylic oxidation sites excluding steroid dienone is 1. The summed E-state index contributed by atoms with van der Waals surface area (Å²) in [7, 11) is 1.97. The van der Waals surface area contributed by atoms with E-state index in [-0.39, 0.29) is 12.1 Å². The average Bonchev–Trinajstić information content (AvgIpc) is 2.81. The number of aryl methyl sites for hydroxylation is 2. The number of hydrogen-bond acceptors (Lipinski definition) is 2. The minimum absolute atomic E-state index is 0.0803. The standard InChI is InChI=1S/C16H26N4O/c1-4-14-13(15(5-2)20(3)19-14)11-17-16(21)18-12-9-7-6-8-10-12/h6-7,12H,4-5,8-11H2,1-3H3,(H2,17,18,21)/t12-/m0/s1. The van der Waals surface area contributed by atoms with Gasteiger partial charge in [0.1, 0.15) is 0 Å². The molecule has 0 aliphatic heterocycles. The summed E-state index contributed by atoms with van der Waals surface area (Å²) >= 11 is 0. The van der Waals surface area contributed by atoms with Crippen LogP contribution < -0.4 is 10.6 Å². The second-order valence-corrected chi connectivity index (χ2v) is 5.51. The summed E-state index contributed by atoms with van der Waals surface area (Å²) < 4.78 is 1.93. The molecule has 0 aromatic carbocycles. The van der Waals surface area contributed by atoms with E-state index in [0.29, 0.717) is 6.54 Å². The van der Waals surface area contributed by atoms with Crippen molar-refractivity contribution in [2.45, 2.75) is 58.5 Å². The van der Waals surface area contributed by atoms with Crippen molar-refractivity contribution in [1.29, 1.82) is 0 Å². The topological polar surface area (TPSA) is 59.0 Å². The molecule has 0 radical (unpaired) electrons. The summed E-state index contributed by atoms with van der Waals surface area (Å²) in [6.45, 7) is 4.77. The molecule has 0 saturated carbocycles. The highest BCUT2D eigenvalue weighted by atomic mass is 16.2. The van der Waals surface area contributed by atoms with E-state index in [1.807, 2.05) is 11.7 Å². The highest BCUT2D eigenvalue weighted by molar-refractivity contribution is 5.74. The van der Waals surface area contributed by atoms with E-state index in [1.165, 1.54) is 11.3 Å². The average molecular weight is 290 g/mol. The Bertz CT molecular complexity index is 519. The van der Waals surface area contributed by atoms with Gasteiger partial charge in [-0.3, -0.25) is 4.68 Å². The molecule has 1 atom stereocenters. The first-order chi connectivity index (χ1) is 10.2.